The molecule has 0 aliphatic carbocycles. The van der Waals surface area contributed by atoms with Crippen molar-refractivity contribution in [3.05, 3.63) is 54.0 Å². The van der Waals surface area contributed by atoms with Crippen LogP contribution in [-0.4, -0.2) is 35.5 Å². The van der Waals surface area contributed by atoms with Crippen LogP contribution >= 0.6 is 0 Å². The fourth-order valence-electron chi connectivity index (χ4n) is 3.29. The van der Waals surface area contributed by atoms with Crippen LogP contribution in [0.3, 0.4) is 0 Å². The van der Waals surface area contributed by atoms with Crippen molar-refractivity contribution < 1.29 is 4.79 Å². The fraction of sp³-hybridized carbons (Fsp3) is 0.450. The first-order chi connectivity index (χ1) is 12.3. The zero-order chi connectivity index (χ0) is 17.5. The zero-order valence-electron chi connectivity index (χ0n) is 14.8. The largest absolute Gasteiger partial charge is 0.356 e. The van der Waals surface area contributed by atoms with E-state index < -0.39 is 0 Å². The van der Waals surface area contributed by atoms with Crippen LogP contribution in [0.5, 0.6) is 0 Å². The molecule has 2 heterocycles. The van der Waals surface area contributed by atoms with Gasteiger partial charge in [-0.15, -0.1) is 0 Å². The van der Waals surface area contributed by atoms with Gasteiger partial charge in [0.25, 0.3) is 5.91 Å². The summed E-state index contributed by atoms with van der Waals surface area (Å²) in [5.41, 5.74) is 1.86. The Morgan fingerprint density at radius 3 is 2.68 bits per heavy atom. The Labute approximate surface area is 149 Å². The molecular formula is C20H26N4O. The van der Waals surface area contributed by atoms with Crippen LogP contribution in [0.2, 0.25) is 0 Å². The number of nitrogens with one attached hydrogen (secondary N) is 1. The van der Waals surface area contributed by atoms with E-state index in [1.165, 1.54) is 11.9 Å². The number of aromatic nitrogens is 2. The van der Waals surface area contributed by atoms with E-state index in [4.69, 9.17) is 0 Å². The third-order valence-corrected chi connectivity index (χ3v) is 4.73. The van der Waals surface area contributed by atoms with E-state index in [2.05, 4.69) is 50.5 Å². The van der Waals surface area contributed by atoms with Crippen LogP contribution < -0.4 is 10.2 Å². The van der Waals surface area contributed by atoms with E-state index in [9.17, 15) is 4.79 Å². The van der Waals surface area contributed by atoms with Crippen molar-refractivity contribution in [3.8, 4) is 0 Å². The van der Waals surface area contributed by atoms with Crippen LogP contribution in [0, 0.1) is 5.92 Å². The average Bonchev–Trinajstić information content (AvgIpc) is 2.67. The molecule has 1 saturated heterocycles. The monoisotopic (exact) mass is 338 g/mol. The minimum atomic E-state index is -0.121. The number of nitrogens with zero attached hydrogens (tertiary/aromatic N) is 3. The second-order valence-electron chi connectivity index (χ2n) is 6.64. The van der Waals surface area contributed by atoms with Gasteiger partial charge in [0.05, 0.1) is 0 Å². The summed E-state index contributed by atoms with van der Waals surface area (Å²) >= 11 is 0. The van der Waals surface area contributed by atoms with Gasteiger partial charge in [0.15, 0.2) is 0 Å². The lowest BCUT2D eigenvalue weighted by molar-refractivity contribution is 0.0948. The van der Waals surface area contributed by atoms with Gasteiger partial charge >= 0.3 is 0 Å². The van der Waals surface area contributed by atoms with Crippen molar-refractivity contribution in [2.24, 2.45) is 5.92 Å². The van der Waals surface area contributed by atoms with Crippen LogP contribution in [-0.2, 0) is 6.42 Å². The third kappa shape index (κ3) is 4.78. The van der Waals surface area contributed by atoms with Crippen molar-refractivity contribution in [1.29, 1.82) is 0 Å². The number of carbonyl (C=O) groups is 1. The molecule has 1 aliphatic rings. The summed E-state index contributed by atoms with van der Waals surface area (Å²) in [5, 5.41) is 2.87. The van der Waals surface area contributed by atoms with Crippen molar-refractivity contribution >= 4 is 11.7 Å². The smallest absolute Gasteiger partial charge is 0.270 e. The van der Waals surface area contributed by atoms with E-state index >= 15 is 0 Å². The van der Waals surface area contributed by atoms with E-state index in [1.807, 2.05) is 13.0 Å². The Morgan fingerprint density at radius 2 is 1.96 bits per heavy atom. The summed E-state index contributed by atoms with van der Waals surface area (Å²) in [4.78, 5) is 22.8. The fourth-order valence-corrected chi connectivity index (χ4v) is 3.29. The minimum Gasteiger partial charge on any atom is -0.356 e. The molecule has 1 aliphatic heterocycles. The van der Waals surface area contributed by atoms with Crippen LogP contribution in [0.25, 0.3) is 0 Å². The molecule has 1 N–H and O–H groups in total. The highest BCUT2D eigenvalue weighted by Gasteiger charge is 2.21. The standard InChI is InChI=1S/C20H26N4O/c1-2-10-21-20(25)18-14-19(23-15-22-18)24-11-8-17(9-12-24)13-16-6-4-3-5-7-16/h3-7,14-15,17H,2,8-13H2,1H3,(H,21,25). The molecule has 1 aromatic carbocycles. The van der Waals surface area contributed by atoms with Gasteiger partial charge in [0.1, 0.15) is 17.8 Å². The van der Waals surface area contributed by atoms with Crippen LogP contribution in [0.4, 0.5) is 5.82 Å². The molecule has 0 unspecified atom stereocenters. The number of rotatable bonds is 6. The van der Waals surface area contributed by atoms with Gasteiger partial charge in [-0.2, -0.15) is 0 Å². The maximum Gasteiger partial charge on any atom is 0.270 e. The highest BCUT2D eigenvalue weighted by atomic mass is 16.1. The van der Waals surface area contributed by atoms with E-state index in [-0.39, 0.29) is 5.91 Å². The quantitative estimate of drug-likeness (QED) is 0.879. The van der Waals surface area contributed by atoms with Gasteiger partial charge in [-0.1, -0.05) is 37.3 Å². The lowest BCUT2D eigenvalue weighted by Crippen LogP contribution is -2.35. The number of piperidine rings is 1. The van der Waals surface area contributed by atoms with E-state index in [0.717, 1.165) is 44.6 Å². The van der Waals surface area contributed by atoms with Gasteiger partial charge in [-0.25, -0.2) is 9.97 Å². The molecule has 25 heavy (non-hydrogen) atoms. The number of anilines is 1. The topological polar surface area (TPSA) is 58.1 Å². The second-order valence-corrected chi connectivity index (χ2v) is 6.64. The summed E-state index contributed by atoms with van der Waals surface area (Å²) in [7, 11) is 0. The molecule has 0 spiro atoms. The number of carbonyl (C=O) groups excluding carboxylic acids is 1. The molecule has 3 rings (SSSR count). The van der Waals surface area contributed by atoms with E-state index in [1.54, 1.807) is 0 Å². The Bertz CT molecular complexity index is 681. The van der Waals surface area contributed by atoms with E-state index in [0.29, 0.717) is 18.2 Å². The molecule has 5 heteroatoms. The highest BCUT2D eigenvalue weighted by Crippen LogP contribution is 2.24. The van der Waals surface area contributed by atoms with Crippen molar-refractivity contribution in [2.75, 3.05) is 24.5 Å². The molecule has 2 aromatic rings. The summed E-state index contributed by atoms with van der Waals surface area (Å²) < 4.78 is 0. The molecule has 0 atom stereocenters. The van der Waals surface area contributed by atoms with Crippen molar-refractivity contribution in [2.45, 2.75) is 32.6 Å². The molecular weight excluding hydrogens is 312 g/mol. The minimum absolute atomic E-state index is 0.121. The van der Waals surface area contributed by atoms with Gasteiger partial charge in [-0.3, -0.25) is 4.79 Å². The molecule has 5 nitrogen and oxygen atoms in total. The first-order valence-electron chi connectivity index (χ1n) is 9.15. The highest BCUT2D eigenvalue weighted by molar-refractivity contribution is 5.92. The average molecular weight is 338 g/mol. The summed E-state index contributed by atoms with van der Waals surface area (Å²) in [6.45, 7) is 4.66. The molecule has 0 saturated carbocycles. The lowest BCUT2D eigenvalue weighted by atomic mass is 9.90. The predicted octanol–water partition coefficient (Wildman–Crippen LogP) is 3.08. The number of hydrogen-bond acceptors (Lipinski definition) is 4. The zero-order valence-corrected chi connectivity index (χ0v) is 14.8. The number of hydrogen-bond donors (Lipinski definition) is 1. The van der Waals surface area contributed by atoms with Gasteiger partial charge in [-0.05, 0) is 37.2 Å². The summed E-state index contributed by atoms with van der Waals surface area (Å²) in [6.07, 6.45) is 5.85. The van der Waals surface area contributed by atoms with Gasteiger partial charge in [0.2, 0.25) is 0 Å². The van der Waals surface area contributed by atoms with Crippen LogP contribution in [0.15, 0.2) is 42.7 Å². The van der Waals surface area contributed by atoms with Crippen molar-refractivity contribution in [3.63, 3.8) is 0 Å². The normalized spacial score (nSPS) is 15.2. The molecule has 132 valence electrons. The molecule has 1 amide bonds. The first kappa shape index (κ1) is 17.4. The SMILES string of the molecule is CCCNC(=O)c1cc(N2CCC(Cc3ccccc3)CC2)ncn1. The Balaban J connectivity index is 1.56. The molecule has 0 bridgehead atoms. The molecule has 0 radical (unpaired) electrons. The number of amides is 1. The first-order valence-corrected chi connectivity index (χ1v) is 9.15. The van der Waals surface area contributed by atoms with Crippen LogP contribution in [0.1, 0.15) is 42.2 Å². The van der Waals surface area contributed by atoms with Gasteiger partial charge < -0.3 is 10.2 Å². The predicted molar refractivity (Wildman–Crippen MR) is 99.7 cm³/mol. The Hall–Kier alpha value is -2.43. The Kier molecular flexibility index (Phi) is 5.99. The third-order valence-electron chi connectivity index (χ3n) is 4.73. The maximum atomic E-state index is 12.1. The molecule has 1 fully saturated rings. The summed E-state index contributed by atoms with van der Waals surface area (Å²) in [6, 6.07) is 12.5. The second kappa shape index (κ2) is 8.60. The van der Waals surface area contributed by atoms with Crippen molar-refractivity contribution in [1.82, 2.24) is 15.3 Å². The van der Waals surface area contributed by atoms with Gasteiger partial charge in [0, 0.05) is 25.7 Å². The maximum absolute atomic E-state index is 12.1. The molecule has 1 aromatic heterocycles. The Morgan fingerprint density at radius 1 is 1.20 bits per heavy atom. The summed E-state index contributed by atoms with van der Waals surface area (Å²) in [5.74, 6) is 1.45. The number of benzene rings is 1. The lowest BCUT2D eigenvalue weighted by Gasteiger charge is -2.33.